The van der Waals surface area contributed by atoms with Crippen molar-refractivity contribution >= 4 is 22.7 Å². The summed E-state index contributed by atoms with van der Waals surface area (Å²) in [5.41, 5.74) is 7.86. The Labute approximate surface area is 148 Å². The number of nitrogens with one attached hydrogen (secondary N) is 1. The van der Waals surface area contributed by atoms with E-state index in [0.717, 1.165) is 11.3 Å². The summed E-state index contributed by atoms with van der Waals surface area (Å²) >= 11 is 0. The molecule has 2 heteroatoms. The second-order valence-corrected chi connectivity index (χ2v) is 6.36. The van der Waals surface area contributed by atoms with Crippen LogP contribution in [-0.4, -0.2) is 6.21 Å². The summed E-state index contributed by atoms with van der Waals surface area (Å²) in [6, 6.07) is 23.0. The highest BCUT2D eigenvalue weighted by molar-refractivity contribution is 5.86. The zero-order chi connectivity index (χ0) is 17.1. The van der Waals surface area contributed by atoms with Gasteiger partial charge in [0.05, 0.1) is 11.9 Å². The second kappa shape index (κ2) is 6.78. The normalized spacial score (nSPS) is 16.5. The van der Waals surface area contributed by atoms with Crippen LogP contribution in [0.5, 0.6) is 0 Å². The van der Waals surface area contributed by atoms with Crippen molar-refractivity contribution < 1.29 is 0 Å². The third-order valence-electron chi connectivity index (χ3n) is 4.51. The summed E-state index contributed by atoms with van der Waals surface area (Å²) in [7, 11) is 0. The molecule has 1 N–H and O–H groups in total. The van der Waals surface area contributed by atoms with Crippen LogP contribution < -0.4 is 5.43 Å². The van der Waals surface area contributed by atoms with Crippen molar-refractivity contribution in [1.29, 1.82) is 0 Å². The maximum atomic E-state index is 4.45. The quantitative estimate of drug-likeness (QED) is 0.470. The fourth-order valence-corrected chi connectivity index (χ4v) is 3.21. The fraction of sp³-hybridized carbons (Fsp3) is 0.0870. The number of benzene rings is 3. The second-order valence-electron chi connectivity index (χ2n) is 6.36. The van der Waals surface area contributed by atoms with E-state index < -0.39 is 0 Å². The molecule has 3 aromatic carbocycles. The van der Waals surface area contributed by atoms with Crippen molar-refractivity contribution in [2.45, 2.75) is 12.8 Å². The number of anilines is 1. The summed E-state index contributed by atoms with van der Waals surface area (Å²) in [6.07, 6.45) is 8.59. The van der Waals surface area contributed by atoms with Crippen LogP contribution in [0.2, 0.25) is 0 Å². The van der Waals surface area contributed by atoms with Crippen molar-refractivity contribution in [3.63, 3.8) is 0 Å². The topological polar surface area (TPSA) is 24.4 Å². The number of fused-ring (bicyclic) bond motifs is 1. The Kier molecular flexibility index (Phi) is 4.17. The molecule has 0 saturated heterocycles. The molecule has 25 heavy (non-hydrogen) atoms. The third-order valence-corrected chi connectivity index (χ3v) is 4.51. The Morgan fingerprint density at radius 3 is 2.56 bits per heavy atom. The molecule has 1 aliphatic rings. The molecule has 1 aliphatic carbocycles. The van der Waals surface area contributed by atoms with Crippen LogP contribution in [0, 0.1) is 0 Å². The van der Waals surface area contributed by atoms with E-state index in [9.17, 15) is 0 Å². The lowest BCUT2D eigenvalue weighted by atomic mass is 9.96. The van der Waals surface area contributed by atoms with Gasteiger partial charge in [-0.05, 0) is 41.0 Å². The maximum absolute atomic E-state index is 4.45. The third kappa shape index (κ3) is 3.38. The number of nitrogens with zero attached hydrogens (tertiary/aromatic N) is 1. The first-order chi connectivity index (χ1) is 12.3. The molecule has 0 aromatic heterocycles. The van der Waals surface area contributed by atoms with Crippen molar-refractivity contribution in [3.05, 3.63) is 102 Å². The van der Waals surface area contributed by atoms with Crippen LogP contribution in [-0.2, 0) is 0 Å². The number of rotatable bonds is 4. The highest BCUT2D eigenvalue weighted by Gasteiger charge is 2.12. The molecule has 1 atom stereocenters. The van der Waals surface area contributed by atoms with Crippen molar-refractivity contribution in [2.24, 2.45) is 5.10 Å². The molecule has 0 heterocycles. The molecule has 3 aromatic rings. The lowest BCUT2D eigenvalue weighted by Crippen LogP contribution is -1.98. The van der Waals surface area contributed by atoms with Crippen LogP contribution in [0.4, 0.5) is 5.69 Å². The van der Waals surface area contributed by atoms with Crippen LogP contribution in [0.1, 0.15) is 24.0 Å². The Bertz CT molecular complexity index is 996. The van der Waals surface area contributed by atoms with Gasteiger partial charge in [-0.1, -0.05) is 78.4 Å². The molecule has 0 radical (unpaired) electrons. The number of hydrogen-bond donors (Lipinski definition) is 1. The zero-order valence-electron chi connectivity index (χ0n) is 14.2. The molecular weight excluding hydrogens is 304 g/mol. The van der Waals surface area contributed by atoms with E-state index >= 15 is 0 Å². The molecule has 4 rings (SSSR count). The monoisotopic (exact) mass is 324 g/mol. The fourth-order valence-electron chi connectivity index (χ4n) is 3.21. The van der Waals surface area contributed by atoms with E-state index in [0.29, 0.717) is 5.92 Å². The highest BCUT2D eigenvalue weighted by atomic mass is 15.3. The smallest absolute Gasteiger partial charge is 0.0568 e. The van der Waals surface area contributed by atoms with Gasteiger partial charge in [-0.3, -0.25) is 5.43 Å². The van der Waals surface area contributed by atoms with Crippen LogP contribution in [0.15, 0.2) is 95.6 Å². The van der Waals surface area contributed by atoms with Crippen molar-refractivity contribution in [3.8, 4) is 0 Å². The first-order valence-corrected chi connectivity index (χ1v) is 8.53. The average molecular weight is 324 g/mol. The van der Waals surface area contributed by atoms with Gasteiger partial charge < -0.3 is 0 Å². The molecule has 0 bridgehead atoms. The van der Waals surface area contributed by atoms with E-state index in [-0.39, 0.29) is 0 Å². The predicted octanol–water partition coefficient (Wildman–Crippen LogP) is 5.89. The summed E-state index contributed by atoms with van der Waals surface area (Å²) in [4.78, 5) is 0. The van der Waals surface area contributed by atoms with Crippen molar-refractivity contribution in [1.82, 2.24) is 0 Å². The molecule has 0 saturated carbocycles. The van der Waals surface area contributed by atoms with Gasteiger partial charge in [0.1, 0.15) is 0 Å². The minimum atomic E-state index is 0.336. The molecule has 122 valence electrons. The highest BCUT2D eigenvalue weighted by Crippen LogP contribution is 2.28. The van der Waals surface area contributed by atoms with E-state index in [1.807, 2.05) is 6.21 Å². The lowest BCUT2D eigenvalue weighted by Gasteiger charge is -2.10. The minimum Gasteiger partial charge on any atom is -0.278 e. The number of hydrogen-bond acceptors (Lipinski definition) is 2. The van der Waals surface area contributed by atoms with Gasteiger partial charge in [0.25, 0.3) is 0 Å². The Morgan fingerprint density at radius 1 is 0.920 bits per heavy atom. The average Bonchev–Trinajstić information content (AvgIpc) is 3.08. The van der Waals surface area contributed by atoms with Gasteiger partial charge in [0.15, 0.2) is 0 Å². The molecular formula is C23H20N2. The summed E-state index contributed by atoms with van der Waals surface area (Å²) < 4.78 is 0. The van der Waals surface area contributed by atoms with Gasteiger partial charge in [-0.25, -0.2) is 0 Å². The van der Waals surface area contributed by atoms with Crippen LogP contribution >= 0.6 is 0 Å². The van der Waals surface area contributed by atoms with Crippen LogP contribution in [0.25, 0.3) is 10.8 Å². The molecule has 0 amide bonds. The van der Waals surface area contributed by atoms with Gasteiger partial charge >= 0.3 is 0 Å². The number of hydrazone groups is 1. The first kappa shape index (κ1) is 15.4. The van der Waals surface area contributed by atoms with E-state index in [1.165, 1.54) is 21.9 Å². The SMILES string of the molecule is CC1=CC(c2ccccc2C=NNc2ccc3ccccc3c2)C=C1. The number of allylic oxidation sites excluding steroid dienone is 4. The Balaban J connectivity index is 1.55. The largest absolute Gasteiger partial charge is 0.278 e. The summed E-state index contributed by atoms with van der Waals surface area (Å²) in [5.74, 6) is 0.336. The zero-order valence-corrected chi connectivity index (χ0v) is 14.2. The van der Waals surface area contributed by atoms with E-state index in [2.05, 4.69) is 102 Å². The van der Waals surface area contributed by atoms with E-state index in [4.69, 9.17) is 0 Å². The summed E-state index contributed by atoms with van der Waals surface area (Å²) in [6.45, 7) is 2.13. The predicted molar refractivity (Wildman–Crippen MR) is 107 cm³/mol. The van der Waals surface area contributed by atoms with Gasteiger partial charge in [0.2, 0.25) is 0 Å². The van der Waals surface area contributed by atoms with Gasteiger partial charge in [0, 0.05) is 5.92 Å². The molecule has 0 aliphatic heterocycles. The first-order valence-electron chi connectivity index (χ1n) is 8.53. The molecule has 2 nitrogen and oxygen atoms in total. The maximum Gasteiger partial charge on any atom is 0.0568 e. The minimum absolute atomic E-state index is 0.336. The lowest BCUT2D eigenvalue weighted by molar-refractivity contribution is 1.09. The Morgan fingerprint density at radius 2 is 1.72 bits per heavy atom. The Hall–Kier alpha value is -3.13. The van der Waals surface area contributed by atoms with Crippen LogP contribution in [0.3, 0.4) is 0 Å². The van der Waals surface area contributed by atoms with Gasteiger partial charge in [-0.2, -0.15) is 5.10 Å². The molecule has 0 spiro atoms. The summed E-state index contributed by atoms with van der Waals surface area (Å²) in [5, 5.41) is 6.89. The molecule has 1 unspecified atom stereocenters. The standard InChI is InChI=1S/C23H20N2/c1-17-10-11-20(14-17)23-9-5-4-8-21(23)16-24-25-22-13-12-18-6-2-3-7-19(18)15-22/h2-16,20,25H,1H3. The van der Waals surface area contributed by atoms with E-state index in [1.54, 1.807) is 0 Å². The van der Waals surface area contributed by atoms with Gasteiger partial charge in [-0.15, -0.1) is 0 Å². The molecule has 0 fully saturated rings. The van der Waals surface area contributed by atoms with Crippen molar-refractivity contribution in [2.75, 3.05) is 5.43 Å².